The van der Waals surface area contributed by atoms with E-state index in [1.807, 2.05) is 48.8 Å². The maximum absolute atomic E-state index is 12.2. The van der Waals surface area contributed by atoms with Crippen molar-refractivity contribution in [2.45, 2.75) is 6.42 Å². The minimum atomic E-state index is -0.130. The third kappa shape index (κ3) is 3.26. The molecule has 1 amide bonds. The van der Waals surface area contributed by atoms with Gasteiger partial charge in [0.1, 0.15) is 0 Å². The van der Waals surface area contributed by atoms with Gasteiger partial charge in [-0.2, -0.15) is 5.10 Å². The van der Waals surface area contributed by atoms with Gasteiger partial charge in [0.2, 0.25) is 0 Å². The molecule has 22 heavy (non-hydrogen) atoms. The Morgan fingerprint density at radius 3 is 2.77 bits per heavy atom. The summed E-state index contributed by atoms with van der Waals surface area (Å²) in [5, 5.41) is 9.24. The number of aryl methyl sites for hydroxylation is 1. The van der Waals surface area contributed by atoms with Crippen LogP contribution in [0.25, 0.3) is 10.6 Å². The first-order chi connectivity index (χ1) is 10.7. The molecule has 0 unspecified atom stereocenters. The van der Waals surface area contributed by atoms with E-state index in [0.717, 1.165) is 17.0 Å². The lowest BCUT2D eigenvalue weighted by Gasteiger charge is -2.03. The zero-order chi connectivity index (χ0) is 15.4. The van der Waals surface area contributed by atoms with E-state index in [4.69, 9.17) is 0 Å². The Hall–Kier alpha value is -2.40. The third-order valence-corrected chi connectivity index (χ3v) is 4.32. The molecule has 5 heteroatoms. The minimum absolute atomic E-state index is 0.130. The Labute approximate surface area is 133 Å². The second kappa shape index (κ2) is 6.58. The number of rotatable bonds is 5. The lowest BCUT2D eigenvalue weighted by molar-refractivity contribution is 0.0948. The summed E-state index contributed by atoms with van der Waals surface area (Å²) in [5.41, 5.74) is 2.63. The molecule has 2 aromatic heterocycles. The number of hydrogen-bond acceptors (Lipinski definition) is 3. The fraction of sp³-hybridized carbons (Fsp3) is 0.176. The molecule has 2 heterocycles. The predicted molar refractivity (Wildman–Crippen MR) is 89.0 cm³/mol. The van der Waals surface area contributed by atoms with Gasteiger partial charge in [0, 0.05) is 13.6 Å². The number of carbonyl (C=O) groups is 1. The largest absolute Gasteiger partial charge is 0.350 e. The van der Waals surface area contributed by atoms with E-state index >= 15 is 0 Å². The Morgan fingerprint density at radius 1 is 1.23 bits per heavy atom. The number of benzene rings is 1. The average Bonchev–Trinajstić information content (AvgIpc) is 3.17. The lowest BCUT2D eigenvalue weighted by atomic mass is 10.1. The van der Waals surface area contributed by atoms with E-state index in [1.165, 1.54) is 5.56 Å². The van der Waals surface area contributed by atoms with Crippen molar-refractivity contribution in [1.82, 2.24) is 15.1 Å². The SMILES string of the molecule is Cn1nc(C(=O)NCCc2ccccc2)cc1-c1cccs1. The highest BCUT2D eigenvalue weighted by Crippen LogP contribution is 2.24. The highest BCUT2D eigenvalue weighted by Gasteiger charge is 2.13. The fourth-order valence-electron chi connectivity index (χ4n) is 2.29. The average molecular weight is 311 g/mol. The fourth-order valence-corrected chi connectivity index (χ4v) is 3.06. The summed E-state index contributed by atoms with van der Waals surface area (Å²) >= 11 is 1.64. The summed E-state index contributed by atoms with van der Waals surface area (Å²) in [5.74, 6) is -0.130. The Balaban J connectivity index is 1.62. The molecule has 0 saturated carbocycles. The molecule has 0 atom stereocenters. The molecule has 0 saturated heterocycles. The lowest BCUT2D eigenvalue weighted by Crippen LogP contribution is -2.26. The highest BCUT2D eigenvalue weighted by atomic mass is 32.1. The molecular weight excluding hydrogens is 294 g/mol. The summed E-state index contributed by atoms with van der Waals surface area (Å²) in [6.07, 6.45) is 0.817. The Morgan fingerprint density at radius 2 is 2.05 bits per heavy atom. The van der Waals surface area contributed by atoms with Crippen LogP contribution in [0.1, 0.15) is 16.1 Å². The van der Waals surface area contributed by atoms with Crippen LogP contribution >= 0.6 is 11.3 Å². The zero-order valence-corrected chi connectivity index (χ0v) is 13.1. The van der Waals surface area contributed by atoms with Crippen molar-refractivity contribution in [1.29, 1.82) is 0 Å². The molecule has 1 N–H and O–H groups in total. The second-order valence-corrected chi connectivity index (χ2v) is 5.95. The molecule has 4 nitrogen and oxygen atoms in total. The maximum atomic E-state index is 12.2. The van der Waals surface area contributed by atoms with Crippen LogP contribution in [-0.4, -0.2) is 22.2 Å². The summed E-state index contributed by atoms with van der Waals surface area (Å²) in [7, 11) is 1.86. The van der Waals surface area contributed by atoms with E-state index in [2.05, 4.69) is 22.5 Å². The number of nitrogens with zero attached hydrogens (tertiary/aromatic N) is 2. The molecule has 112 valence electrons. The van der Waals surface area contributed by atoms with Gasteiger partial charge in [0.25, 0.3) is 5.91 Å². The van der Waals surface area contributed by atoms with E-state index in [-0.39, 0.29) is 5.91 Å². The van der Waals surface area contributed by atoms with Gasteiger partial charge < -0.3 is 5.32 Å². The summed E-state index contributed by atoms with van der Waals surface area (Å²) < 4.78 is 1.75. The monoisotopic (exact) mass is 311 g/mol. The molecule has 0 aliphatic carbocycles. The van der Waals surface area contributed by atoms with Gasteiger partial charge in [-0.15, -0.1) is 11.3 Å². The normalized spacial score (nSPS) is 10.6. The van der Waals surface area contributed by atoms with Crippen LogP contribution in [0.2, 0.25) is 0 Å². The van der Waals surface area contributed by atoms with Crippen molar-refractivity contribution in [3.8, 4) is 10.6 Å². The van der Waals surface area contributed by atoms with Crippen molar-refractivity contribution < 1.29 is 4.79 Å². The van der Waals surface area contributed by atoms with Gasteiger partial charge in [0.15, 0.2) is 5.69 Å². The standard InChI is InChI=1S/C17H17N3OS/c1-20-15(16-8-5-11-22-16)12-14(19-20)17(21)18-10-9-13-6-3-2-4-7-13/h2-8,11-12H,9-10H2,1H3,(H,18,21). The molecule has 0 aliphatic rings. The van der Waals surface area contributed by atoms with Crippen molar-refractivity contribution in [2.24, 2.45) is 7.05 Å². The van der Waals surface area contributed by atoms with Crippen LogP contribution in [0.3, 0.4) is 0 Å². The van der Waals surface area contributed by atoms with E-state index in [1.54, 1.807) is 16.0 Å². The molecule has 0 aliphatic heterocycles. The number of thiophene rings is 1. The first-order valence-corrected chi connectivity index (χ1v) is 8.02. The molecular formula is C17H17N3OS. The Kier molecular flexibility index (Phi) is 4.34. The number of hydrogen-bond donors (Lipinski definition) is 1. The number of carbonyl (C=O) groups excluding carboxylic acids is 1. The quantitative estimate of drug-likeness (QED) is 0.787. The minimum Gasteiger partial charge on any atom is -0.350 e. The molecule has 0 radical (unpaired) electrons. The topological polar surface area (TPSA) is 46.9 Å². The highest BCUT2D eigenvalue weighted by molar-refractivity contribution is 7.13. The van der Waals surface area contributed by atoms with Gasteiger partial charge in [0.05, 0.1) is 10.6 Å². The molecule has 0 spiro atoms. The first kappa shape index (κ1) is 14.5. The number of aromatic nitrogens is 2. The summed E-state index contributed by atoms with van der Waals surface area (Å²) in [6, 6.07) is 16.0. The van der Waals surface area contributed by atoms with Crippen molar-refractivity contribution in [3.63, 3.8) is 0 Å². The van der Waals surface area contributed by atoms with Crippen molar-refractivity contribution in [3.05, 3.63) is 65.2 Å². The second-order valence-electron chi connectivity index (χ2n) is 5.01. The molecule has 1 aromatic carbocycles. The van der Waals surface area contributed by atoms with Crippen LogP contribution in [0.15, 0.2) is 53.9 Å². The smallest absolute Gasteiger partial charge is 0.271 e. The van der Waals surface area contributed by atoms with Crippen molar-refractivity contribution in [2.75, 3.05) is 6.54 Å². The molecule has 0 fully saturated rings. The van der Waals surface area contributed by atoms with Crippen LogP contribution in [0.5, 0.6) is 0 Å². The molecule has 3 aromatic rings. The van der Waals surface area contributed by atoms with Gasteiger partial charge in [-0.05, 0) is 29.5 Å². The maximum Gasteiger partial charge on any atom is 0.271 e. The molecule has 3 rings (SSSR count). The first-order valence-electron chi connectivity index (χ1n) is 7.14. The van der Waals surface area contributed by atoms with E-state index < -0.39 is 0 Å². The zero-order valence-electron chi connectivity index (χ0n) is 12.3. The van der Waals surface area contributed by atoms with Crippen LogP contribution in [0, 0.1) is 0 Å². The van der Waals surface area contributed by atoms with Gasteiger partial charge in [-0.1, -0.05) is 36.4 Å². The number of nitrogens with one attached hydrogen (secondary N) is 1. The third-order valence-electron chi connectivity index (χ3n) is 3.43. The summed E-state index contributed by atoms with van der Waals surface area (Å²) in [4.78, 5) is 13.3. The van der Waals surface area contributed by atoms with Gasteiger partial charge >= 0.3 is 0 Å². The van der Waals surface area contributed by atoms with Gasteiger partial charge in [-0.3, -0.25) is 9.48 Å². The van der Waals surface area contributed by atoms with Crippen molar-refractivity contribution >= 4 is 17.2 Å². The van der Waals surface area contributed by atoms with Crippen LogP contribution in [0.4, 0.5) is 0 Å². The van der Waals surface area contributed by atoms with E-state index in [9.17, 15) is 4.79 Å². The van der Waals surface area contributed by atoms with Gasteiger partial charge in [-0.25, -0.2) is 0 Å². The predicted octanol–water partition coefficient (Wildman–Crippen LogP) is 3.12. The van der Waals surface area contributed by atoms with E-state index in [0.29, 0.717) is 12.2 Å². The van der Waals surface area contributed by atoms with Crippen LogP contribution in [-0.2, 0) is 13.5 Å². The Bertz CT molecular complexity index is 748. The molecule has 0 bridgehead atoms. The van der Waals surface area contributed by atoms with Crippen LogP contribution < -0.4 is 5.32 Å². The summed E-state index contributed by atoms with van der Waals surface area (Å²) in [6.45, 7) is 0.605. The number of amides is 1.